The molecule has 2 aromatic heterocycles. The minimum atomic E-state index is -0.391. The van der Waals surface area contributed by atoms with Gasteiger partial charge >= 0.3 is 0 Å². The van der Waals surface area contributed by atoms with Crippen LogP contribution in [0.1, 0.15) is 36.8 Å². The number of imidazole rings is 1. The van der Waals surface area contributed by atoms with Crippen molar-refractivity contribution >= 4 is 16.9 Å². The molecule has 0 unspecified atom stereocenters. The highest BCUT2D eigenvalue weighted by molar-refractivity contribution is 6.00. The number of fused-ring (bicyclic) bond motifs is 1. The van der Waals surface area contributed by atoms with Gasteiger partial charge in [-0.1, -0.05) is 6.07 Å². The Kier molecular flexibility index (Phi) is 5.38. The number of amides is 1. The molecule has 0 saturated carbocycles. The molecule has 0 bridgehead atoms. The van der Waals surface area contributed by atoms with E-state index in [1.165, 1.54) is 14.2 Å². The Morgan fingerprint density at radius 3 is 2.34 bits per heavy atom. The normalized spacial score (nSPS) is 11.6. The summed E-state index contributed by atoms with van der Waals surface area (Å²) in [5.41, 5.74) is 5.59. The van der Waals surface area contributed by atoms with E-state index in [4.69, 9.17) is 9.47 Å². The van der Waals surface area contributed by atoms with Crippen molar-refractivity contribution in [3.8, 4) is 28.3 Å². The van der Waals surface area contributed by atoms with Crippen LogP contribution in [-0.4, -0.2) is 45.4 Å². The van der Waals surface area contributed by atoms with Crippen LogP contribution in [0.3, 0.4) is 0 Å². The van der Waals surface area contributed by atoms with Gasteiger partial charge in [0.1, 0.15) is 23.4 Å². The fourth-order valence-electron chi connectivity index (χ4n) is 3.69. The van der Waals surface area contributed by atoms with Gasteiger partial charge in [-0.05, 0) is 45.4 Å². The minimum Gasteiger partial charge on any atom is -0.496 e. The molecule has 0 atom stereocenters. The van der Waals surface area contributed by atoms with Crippen LogP contribution in [0, 0.1) is 6.92 Å². The van der Waals surface area contributed by atoms with Gasteiger partial charge in [0.25, 0.3) is 5.91 Å². The number of hydrogen-bond donors (Lipinski definition) is 2. The third-order valence-electron chi connectivity index (χ3n) is 5.17. The summed E-state index contributed by atoms with van der Waals surface area (Å²) < 4.78 is 13.1. The molecule has 4 aromatic rings. The van der Waals surface area contributed by atoms with Gasteiger partial charge in [-0.15, -0.1) is 0 Å². The molecule has 2 heterocycles. The van der Waals surface area contributed by atoms with E-state index in [0.717, 1.165) is 33.5 Å². The molecule has 0 spiro atoms. The van der Waals surface area contributed by atoms with Gasteiger partial charge in [-0.25, -0.2) is 4.98 Å². The predicted octanol–water partition coefficient (Wildman–Crippen LogP) is 4.27. The summed E-state index contributed by atoms with van der Waals surface area (Å²) in [6, 6.07) is 9.72. The van der Waals surface area contributed by atoms with E-state index in [2.05, 4.69) is 20.5 Å². The van der Waals surface area contributed by atoms with Gasteiger partial charge < -0.3 is 14.8 Å². The van der Waals surface area contributed by atoms with Gasteiger partial charge in [0.2, 0.25) is 0 Å². The Morgan fingerprint density at radius 1 is 1.09 bits per heavy atom. The summed E-state index contributed by atoms with van der Waals surface area (Å²) in [4.78, 5) is 17.5. The lowest BCUT2D eigenvalue weighted by molar-refractivity contribution is 0.0913. The standard InChI is InChI=1S/C24H27N5O3/c1-14-17(12-26-28-14)15-7-8-19-18(9-15)25-13-29(19)16-10-20(31-5)22(21(11-16)32-6)23(30)27-24(2,3)4/h7-13H,1-6H3,(H,26,28)(H,27,30). The Labute approximate surface area is 186 Å². The zero-order valence-corrected chi connectivity index (χ0v) is 19.1. The Bertz CT molecular complexity index is 1270. The molecule has 0 aliphatic rings. The summed E-state index contributed by atoms with van der Waals surface area (Å²) in [6.45, 7) is 7.76. The molecule has 0 aliphatic heterocycles. The van der Waals surface area contributed by atoms with E-state index in [0.29, 0.717) is 17.1 Å². The Hall–Kier alpha value is -3.81. The zero-order chi connectivity index (χ0) is 23.0. The van der Waals surface area contributed by atoms with Crippen molar-refractivity contribution in [1.29, 1.82) is 0 Å². The number of methoxy groups -OCH3 is 2. The topological polar surface area (TPSA) is 94.1 Å². The van der Waals surface area contributed by atoms with Crippen LogP contribution < -0.4 is 14.8 Å². The van der Waals surface area contributed by atoms with Crippen molar-refractivity contribution in [2.75, 3.05) is 14.2 Å². The number of nitrogens with zero attached hydrogens (tertiary/aromatic N) is 3. The molecular formula is C24H27N5O3. The number of nitrogens with one attached hydrogen (secondary N) is 2. The summed E-state index contributed by atoms with van der Waals surface area (Å²) in [7, 11) is 3.08. The second-order valence-electron chi connectivity index (χ2n) is 8.66. The van der Waals surface area contributed by atoms with Gasteiger partial charge in [-0.3, -0.25) is 14.5 Å². The maximum atomic E-state index is 12.9. The molecule has 32 heavy (non-hydrogen) atoms. The number of benzene rings is 2. The largest absolute Gasteiger partial charge is 0.496 e. The second kappa shape index (κ2) is 8.03. The van der Waals surface area contributed by atoms with Gasteiger partial charge in [0.15, 0.2) is 0 Å². The van der Waals surface area contributed by atoms with E-state index in [-0.39, 0.29) is 5.91 Å². The number of aryl methyl sites for hydroxylation is 1. The summed E-state index contributed by atoms with van der Waals surface area (Å²) in [5, 5.41) is 10.0. The van der Waals surface area contributed by atoms with Crippen molar-refractivity contribution < 1.29 is 14.3 Å². The lowest BCUT2D eigenvalue weighted by Gasteiger charge is -2.22. The highest BCUT2D eigenvalue weighted by Gasteiger charge is 2.24. The first-order valence-corrected chi connectivity index (χ1v) is 10.3. The van der Waals surface area contributed by atoms with Crippen LogP contribution in [-0.2, 0) is 0 Å². The molecule has 2 N–H and O–H groups in total. The fraction of sp³-hybridized carbons (Fsp3) is 0.292. The number of carbonyl (C=O) groups is 1. The molecule has 166 valence electrons. The first-order chi connectivity index (χ1) is 15.2. The van der Waals surface area contributed by atoms with E-state index in [1.807, 2.05) is 68.8 Å². The summed E-state index contributed by atoms with van der Waals surface area (Å²) >= 11 is 0. The summed E-state index contributed by atoms with van der Waals surface area (Å²) in [5.74, 6) is 0.593. The van der Waals surface area contributed by atoms with Crippen molar-refractivity contribution in [2.24, 2.45) is 0 Å². The number of aromatic amines is 1. The molecule has 1 amide bonds. The van der Waals surface area contributed by atoms with E-state index in [1.54, 1.807) is 6.33 Å². The van der Waals surface area contributed by atoms with E-state index in [9.17, 15) is 4.79 Å². The number of ether oxygens (including phenoxy) is 2. The van der Waals surface area contributed by atoms with Gasteiger partial charge in [-0.2, -0.15) is 5.10 Å². The predicted molar refractivity (Wildman–Crippen MR) is 124 cm³/mol. The van der Waals surface area contributed by atoms with Gasteiger partial charge in [0, 0.05) is 28.9 Å². The average Bonchev–Trinajstić information content (AvgIpc) is 3.36. The minimum absolute atomic E-state index is 0.256. The van der Waals surface area contributed by atoms with Crippen molar-refractivity contribution in [3.63, 3.8) is 0 Å². The van der Waals surface area contributed by atoms with Crippen molar-refractivity contribution in [1.82, 2.24) is 25.1 Å². The maximum Gasteiger partial charge on any atom is 0.259 e. The highest BCUT2D eigenvalue weighted by Crippen LogP contribution is 2.34. The first-order valence-electron chi connectivity index (χ1n) is 10.3. The van der Waals surface area contributed by atoms with Crippen LogP contribution in [0.4, 0.5) is 0 Å². The number of aromatic nitrogens is 4. The second-order valence-corrected chi connectivity index (χ2v) is 8.66. The van der Waals surface area contributed by atoms with E-state index >= 15 is 0 Å². The maximum absolute atomic E-state index is 12.9. The fourth-order valence-corrected chi connectivity index (χ4v) is 3.69. The quantitative estimate of drug-likeness (QED) is 0.490. The lowest BCUT2D eigenvalue weighted by atomic mass is 10.1. The molecule has 8 nitrogen and oxygen atoms in total. The number of H-pyrrole nitrogens is 1. The highest BCUT2D eigenvalue weighted by atomic mass is 16.5. The van der Waals surface area contributed by atoms with Crippen molar-refractivity contribution in [2.45, 2.75) is 33.2 Å². The Balaban J connectivity index is 1.80. The summed E-state index contributed by atoms with van der Waals surface area (Å²) in [6.07, 6.45) is 3.56. The van der Waals surface area contributed by atoms with Gasteiger partial charge in [0.05, 0.1) is 37.1 Å². The Morgan fingerprint density at radius 2 is 1.78 bits per heavy atom. The molecule has 8 heteroatoms. The molecule has 0 radical (unpaired) electrons. The zero-order valence-electron chi connectivity index (χ0n) is 19.1. The van der Waals surface area contributed by atoms with Crippen LogP contribution >= 0.6 is 0 Å². The molecule has 0 aliphatic carbocycles. The third kappa shape index (κ3) is 3.91. The third-order valence-corrected chi connectivity index (χ3v) is 5.17. The smallest absolute Gasteiger partial charge is 0.259 e. The molecule has 2 aromatic carbocycles. The van der Waals surface area contributed by atoms with E-state index < -0.39 is 5.54 Å². The number of rotatable bonds is 5. The molecule has 4 rings (SSSR count). The lowest BCUT2D eigenvalue weighted by Crippen LogP contribution is -2.40. The van der Waals surface area contributed by atoms with Crippen molar-refractivity contribution in [3.05, 3.63) is 54.1 Å². The van der Waals surface area contributed by atoms with Crippen LogP contribution in [0.15, 0.2) is 42.9 Å². The van der Waals surface area contributed by atoms with Crippen LogP contribution in [0.25, 0.3) is 27.8 Å². The molecular weight excluding hydrogens is 406 g/mol. The van der Waals surface area contributed by atoms with Crippen LogP contribution in [0.2, 0.25) is 0 Å². The average molecular weight is 434 g/mol. The number of hydrogen-bond acceptors (Lipinski definition) is 5. The monoisotopic (exact) mass is 433 g/mol. The SMILES string of the molecule is COc1cc(-n2cnc3cc(-c4cn[nH]c4C)ccc32)cc(OC)c1C(=O)NC(C)(C)C. The van der Waals surface area contributed by atoms with Crippen LogP contribution in [0.5, 0.6) is 11.5 Å². The molecule has 0 saturated heterocycles. The number of carbonyl (C=O) groups excluding carboxylic acids is 1. The molecule has 0 fully saturated rings. The first kappa shape index (κ1) is 21.4.